The van der Waals surface area contributed by atoms with Crippen LogP contribution in [0.3, 0.4) is 0 Å². The van der Waals surface area contributed by atoms with Crippen LogP contribution in [-0.4, -0.2) is 18.9 Å². The lowest BCUT2D eigenvalue weighted by molar-refractivity contribution is -0.136. The Labute approximate surface area is 109 Å². The van der Waals surface area contributed by atoms with E-state index in [4.69, 9.17) is 5.73 Å². The molecule has 1 aromatic carbocycles. The van der Waals surface area contributed by atoms with Gasteiger partial charge in [0.2, 0.25) is 0 Å². The molecule has 1 saturated heterocycles. The minimum absolute atomic E-state index is 0.0262. The van der Waals surface area contributed by atoms with Crippen LogP contribution in [0.2, 0.25) is 0 Å². The highest BCUT2D eigenvalue weighted by Crippen LogP contribution is 2.35. The van der Waals surface area contributed by atoms with Gasteiger partial charge in [-0.15, -0.1) is 0 Å². The Morgan fingerprint density at radius 1 is 1.42 bits per heavy atom. The molecule has 2 rings (SSSR count). The number of carbonyl (C=O) groups is 1. The number of Topliss-reactive ketones (excluding diaryl/α,β-unsaturated/α-hetero) is 1. The predicted molar refractivity (Wildman–Crippen MR) is 65.8 cm³/mol. The smallest absolute Gasteiger partial charge is 0.398 e. The fourth-order valence-corrected chi connectivity index (χ4v) is 2.32. The van der Waals surface area contributed by atoms with Gasteiger partial charge in [0.1, 0.15) is 0 Å². The summed E-state index contributed by atoms with van der Waals surface area (Å²) in [5.41, 5.74) is 4.05. The number of benzene rings is 1. The second-order valence-electron chi connectivity index (χ2n) is 4.75. The van der Waals surface area contributed by atoms with Crippen LogP contribution in [0.25, 0.3) is 0 Å². The molecule has 0 aromatic heterocycles. The molecule has 3 nitrogen and oxygen atoms in total. The van der Waals surface area contributed by atoms with Crippen molar-refractivity contribution in [2.24, 2.45) is 5.92 Å². The number of nitrogen functional groups attached to an aromatic ring is 1. The number of ketones is 1. The van der Waals surface area contributed by atoms with Crippen LogP contribution in [0.4, 0.5) is 18.9 Å². The van der Waals surface area contributed by atoms with Gasteiger partial charge in [0.05, 0.1) is 11.3 Å². The Morgan fingerprint density at radius 2 is 2.16 bits per heavy atom. The molecule has 1 fully saturated rings. The molecule has 1 aliphatic rings. The summed E-state index contributed by atoms with van der Waals surface area (Å²) in [6, 6.07) is 3.47. The number of para-hydroxylation sites is 1. The number of hydrogen-bond acceptors (Lipinski definition) is 3. The van der Waals surface area contributed by atoms with Crippen LogP contribution in [0.1, 0.15) is 28.8 Å². The van der Waals surface area contributed by atoms with E-state index in [9.17, 15) is 18.0 Å². The molecule has 1 heterocycles. The first kappa shape index (κ1) is 13.9. The van der Waals surface area contributed by atoms with Crippen LogP contribution in [-0.2, 0) is 6.18 Å². The zero-order chi connectivity index (χ0) is 14.0. The molecule has 0 radical (unpaired) electrons. The normalized spacial score (nSPS) is 19.6. The molecule has 3 N–H and O–H groups in total. The van der Waals surface area contributed by atoms with Gasteiger partial charge in [0.25, 0.3) is 0 Å². The molecule has 1 aromatic rings. The van der Waals surface area contributed by atoms with Gasteiger partial charge >= 0.3 is 6.18 Å². The third-order valence-electron chi connectivity index (χ3n) is 3.35. The van der Waals surface area contributed by atoms with E-state index in [0.29, 0.717) is 0 Å². The van der Waals surface area contributed by atoms with E-state index in [1.54, 1.807) is 0 Å². The zero-order valence-corrected chi connectivity index (χ0v) is 10.3. The number of rotatable bonds is 3. The number of alkyl halides is 3. The molecule has 0 saturated carbocycles. The van der Waals surface area contributed by atoms with E-state index in [1.165, 1.54) is 12.1 Å². The Kier molecular flexibility index (Phi) is 3.80. The molecular formula is C13H15F3N2O. The van der Waals surface area contributed by atoms with Gasteiger partial charge in [-0.25, -0.2) is 0 Å². The third kappa shape index (κ3) is 3.07. The van der Waals surface area contributed by atoms with Gasteiger partial charge in [-0.3, -0.25) is 4.79 Å². The van der Waals surface area contributed by atoms with Crippen molar-refractivity contribution in [3.05, 3.63) is 29.3 Å². The molecular weight excluding hydrogens is 257 g/mol. The van der Waals surface area contributed by atoms with E-state index in [2.05, 4.69) is 5.32 Å². The summed E-state index contributed by atoms with van der Waals surface area (Å²) in [6.45, 7) is 1.57. The number of nitrogens with two attached hydrogens (primary N) is 1. The van der Waals surface area contributed by atoms with Crippen molar-refractivity contribution in [3.8, 4) is 0 Å². The highest BCUT2D eigenvalue weighted by molar-refractivity contribution is 6.01. The molecule has 0 spiro atoms. The zero-order valence-electron chi connectivity index (χ0n) is 10.3. The van der Waals surface area contributed by atoms with Crippen molar-refractivity contribution < 1.29 is 18.0 Å². The van der Waals surface area contributed by atoms with E-state index >= 15 is 0 Å². The van der Waals surface area contributed by atoms with E-state index in [-0.39, 0.29) is 23.7 Å². The topological polar surface area (TPSA) is 55.1 Å². The quantitative estimate of drug-likeness (QED) is 0.656. The van der Waals surface area contributed by atoms with Crippen molar-refractivity contribution in [3.63, 3.8) is 0 Å². The number of anilines is 1. The fourth-order valence-electron chi connectivity index (χ4n) is 2.32. The van der Waals surface area contributed by atoms with E-state index in [1.807, 2.05) is 0 Å². The van der Waals surface area contributed by atoms with Gasteiger partial charge in [-0.05, 0) is 37.6 Å². The Balaban J connectivity index is 2.22. The second kappa shape index (κ2) is 5.21. The lowest BCUT2D eigenvalue weighted by Crippen LogP contribution is -2.16. The maximum atomic E-state index is 12.7. The van der Waals surface area contributed by atoms with Gasteiger partial charge in [0, 0.05) is 12.0 Å². The molecule has 1 aliphatic heterocycles. The summed E-state index contributed by atoms with van der Waals surface area (Å²) in [7, 11) is 0. The third-order valence-corrected chi connectivity index (χ3v) is 3.35. The summed E-state index contributed by atoms with van der Waals surface area (Å²) in [6.07, 6.45) is -3.43. The highest BCUT2D eigenvalue weighted by atomic mass is 19.4. The van der Waals surface area contributed by atoms with Crippen molar-refractivity contribution in [1.29, 1.82) is 0 Å². The van der Waals surface area contributed by atoms with Crippen molar-refractivity contribution >= 4 is 11.5 Å². The van der Waals surface area contributed by atoms with Gasteiger partial charge in [0.15, 0.2) is 5.78 Å². The van der Waals surface area contributed by atoms with Gasteiger partial charge in [-0.2, -0.15) is 13.2 Å². The Bertz CT molecular complexity index is 479. The van der Waals surface area contributed by atoms with E-state index in [0.717, 1.165) is 25.6 Å². The lowest BCUT2D eigenvalue weighted by Gasteiger charge is -2.14. The molecule has 0 aliphatic carbocycles. The van der Waals surface area contributed by atoms with Crippen molar-refractivity contribution in [2.75, 3.05) is 18.8 Å². The molecule has 104 valence electrons. The number of hydrogen-bond donors (Lipinski definition) is 2. The standard InChI is InChI=1S/C13H15F3N2O/c14-13(15,16)10-3-1-2-9(12(10)17)11(19)6-8-4-5-18-7-8/h1-3,8,18H,4-7,17H2. The minimum atomic E-state index is -4.53. The van der Waals surface area contributed by atoms with Crippen LogP contribution >= 0.6 is 0 Å². The largest absolute Gasteiger partial charge is 0.418 e. The predicted octanol–water partition coefficient (Wildman–Crippen LogP) is 2.47. The molecule has 1 atom stereocenters. The second-order valence-corrected chi connectivity index (χ2v) is 4.75. The van der Waals surface area contributed by atoms with Crippen molar-refractivity contribution in [1.82, 2.24) is 5.32 Å². The number of carbonyl (C=O) groups excluding carboxylic acids is 1. The molecule has 6 heteroatoms. The van der Waals surface area contributed by atoms with Crippen LogP contribution < -0.4 is 11.1 Å². The number of nitrogens with one attached hydrogen (secondary N) is 1. The average molecular weight is 272 g/mol. The minimum Gasteiger partial charge on any atom is -0.398 e. The van der Waals surface area contributed by atoms with Crippen LogP contribution in [0.15, 0.2) is 18.2 Å². The van der Waals surface area contributed by atoms with Gasteiger partial charge in [-0.1, -0.05) is 6.07 Å². The number of halogens is 3. The lowest BCUT2D eigenvalue weighted by atomic mass is 9.95. The maximum Gasteiger partial charge on any atom is 0.418 e. The van der Waals surface area contributed by atoms with Crippen molar-refractivity contribution in [2.45, 2.75) is 19.0 Å². The van der Waals surface area contributed by atoms with Crippen LogP contribution in [0, 0.1) is 5.92 Å². The first-order valence-corrected chi connectivity index (χ1v) is 6.09. The summed E-state index contributed by atoms with van der Waals surface area (Å²) in [4.78, 5) is 12.0. The summed E-state index contributed by atoms with van der Waals surface area (Å²) in [5, 5.41) is 3.12. The Morgan fingerprint density at radius 3 is 2.74 bits per heavy atom. The Hall–Kier alpha value is -1.56. The monoisotopic (exact) mass is 272 g/mol. The fraction of sp³-hybridized carbons (Fsp3) is 0.462. The summed E-state index contributed by atoms with van der Waals surface area (Å²) in [5.74, 6) is -0.140. The average Bonchev–Trinajstić information content (AvgIpc) is 2.80. The summed E-state index contributed by atoms with van der Waals surface area (Å²) >= 11 is 0. The highest BCUT2D eigenvalue weighted by Gasteiger charge is 2.34. The first-order valence-electron chi connectivity index (χ1n) is 6.09. The SMILES string of the molecule is Nc1c(C(=O)CC2CCNC2)cccc1C(F)(F)F. The molecule has 1 unspecified atom stereocenters. The first-order chi connectivity index (χ1) is 8.89. The van der Waals surface area contributed by atoms with E-state index < -0.39 is 17.4 Å². The van der Waals surface area contributed by atoms with Crippen LogP contribution in [0.5, 0.6) is 0 Å². The maximum absolute atomic E-state index is 12.7. The van der Waals surface area contributed by atoms with Gasteiger partial charge < -0.3 is 11.1 Å². The molecule has 19 heavy (non-hydrogen) atoms. The summed E-state index contributed by atoms with van der Waals surface area (Å²) < 4.78 is 38.1. The molecule has 0 bridgehead atoms. The molecule has 0 amide bonds.